The van der Waals surface area contributed by atoms with E-state index in [2.05, 4.69) is 11.0 Å². The van der Waals surface area contributed by atoms with Crippen LogP contribution in [0.4, 0.5) is 5.69 Å². The van der Waals surface area contributed by atoms with Gasteiger partial charge in [0.25, 0.3) is 0 Å². The molecule has 18 heavy (non-hydrogen) atoms. The van der Waals surface area contributed by atoms with E-state index in [-0.39, 0.29) is 0 Å². The lowest BCUT2D eigenvalue weighted by molar-refractivity contribution is 0.923. The summed E-state index contributed by atoms with van der Waals surface area (Å²) >= 11 is 6.14. The highest BCUT2D eigenvalue weighted by atomic mass is 35.5. The Morgan fingerprint density at radius 3 is 2.67 bits per heavy atom. The van der Waals surface area contributed by atoms with Crippen LogP contribution >= 0.6 is 11.6 Å². The Balaban J connectivity index is 2.20. The van der Waals surface area contributed by atoms with Crippen LogP contribution < -0.4 is 4.90 Å². The molecule has 2 aromatic rings. The third-order valence-corrected chi connectivity index (χ3v) is 3.15. The average molecular weight is 257 g/mol. The summed E-state index contributed by atoms with van der Waals surface area (Å²) in [7, 11) is 1.99. The molecule has 2 rings (SSSR count). The number of rotatable bonds is 3. The Labute approximate surface area is 112 Å². The summed E-state index contributed by atoms with van der Waals surface area (Å²) in [4.78, 5) is 2.07. The summed E-state index contributed by atoms with van der Waals surface area (Å²) in [6.45, 7) is 0.717. The second kappa shape index (κ2) is 5.57. The molecule has 0 atom stereocenters. The Morgan fingerprint density at radius 1 is 1.17 bits per heavy atom. The third kappa shape index (κ3) is 2.82. The van der Waals surface area contributed by atoms with Crippen molar-refractivity contribution in [2.45, 2.75) is 6.54 Å². The second-order valence-corrected chi connectivity index (χ2v) is 4.52. The minimum Gasteiger partial charge on any atom is -0.370 e. The van der Waals surface area contributed by atoms with Gasteiger partial charge in [0.15, 0.2) is 0 Å². The van der Waals surface area contributed by atoms with Crippen molar-refractivity contribution in [2.24, 2.45) is 0 Å². The second-order valence-electron chi connectivity index (χ2n) is 4.11. The normalized spacial score (nSPS) is 9.83. The molecule has 2 nitrogen and oxygen atoms in total. The minimum atomic E-state index is 0.665. The molecule has 0 N–H and O–H groups in total. The SMILES string of the molecule is CN(Cc1ccccc1Cl)c1cccc(C#N)c1. The minimum absolute atomic E-state index is 0.665. The van der Waals surface area contributed by atoms with Crippen molar-refractivity contribution in [3.63, 3.8) is 0 Å². The highest BCUT2D eigenvalue weighted by Crippen LogP contribution is 2.21. The van der Waals surface area contributed by atoms with Crippen LogP contribution in [-0.4, -0.2) is 7.05 Å². The van der Waals surface area contributed by atoms with Gasteiger partial charge in [-0.1, -0.05) is 35.9 Å². The molecule has 90 valence electrons. The van der Waals surface area contributed by atoms with Crippen LogP contribution in [0.25, 0.3) is 0 Å². The lowest BCUT2D eigenvalue weighted by atomic mass is 10.1. The van der Waals surface area contributed by atoms with Gasteiger partial charge in [-0.15, -0.1) is 0 Å². The van der Waals surface area contributed by atoms with Crippen molar-refractivity contribution < 1.29 is 0 Å². The van der Waals surface area contributed by atoms with Gasteiger partial charge in [0, 0.05) is 24.3 Å². The molecule has 0 unspecified atom stereocenters. The number of anilines is 1. The average Bonchev–Trinajstić information content (AvgIpc) is 2.41. The predicted molar refractivity (Wildman–Crippen MR) is 74.7 cm³/mol. The molecule has 0 heterocycles. The van der Waals surface area contributed by atoms with Gasteiger partial charge in [0.1, 0.15) is 0 Å². The van der Waals surface area contributed by atoms with E-state index in [1.165, 1.54) is 0 Å². The maximum Gasteiger partial charge on any atom is 0.0992 e. The molecule has 3 heteroatoms. The van der Waals surface area contributed by atoms with Gasteiger partial charge in [-0.25, -0.2) is 0 Å². The fourth-order valence-electron chi connectivity index (χ4n) is 1.79. The molecule has 2 aromatic carbocycles. The van der Waals surface area contributed by atoms with Crippen molar-refractivity contribution >= 4 is 17.3 Å². The summed E-state index contributed by atoms with van der Waals surface area (Å²) in [5.41, 5.74) is 2.75. The van der Waals surface area contributed by atoms with E-state index in [1.807, 2.05) is 49.5 Å². The molecule has 0 radical (unpaired) electrons. The molecular weight excluding hydrogens is 244 g/mol. The van der Waals surface area contributed by atoms with Gasteiger partial charge < -0.3 is 4.90 Å². The summed E-state index contributed by atoms with van der Waals surface area (Å²) in [5.74, 6) is 0. The number of hydrogen-bond donors (Lipinski definition) is 0. The van der Waals surface area contributed by atoms with E-state index in [0.717, 1.165) is 16.3 Å². The number of halogens is 1. The van der Waals surface area contributed by atoms with Crippen LogP contribution in [0.3, 0.4) is 0 Å². The molecule has 0 aromatic heterocycles. The van der Waals surface area contributed by atoms with Crippen molar-refractivity contribution in [3.05, 3.63) is 64.7 Å². The number of nitrogens with zero attached hydrogens (tertiary/aromatic N) is 2. The van der Waals surface area contributed by atoms with Crippen LogP contribution in [-0.2, 0) is 6.54 Å². The molecule has 0 saturated heterocycles. The number of benzene rings is 2. The molecule has 0 saturated carbocycles. The number of nitriles is 1. The van der Waals surface area contributed by atoms with Crippen LogP contribution in [0.2, 0.25) is 5.02 Å². The smallest absolute Gasteiger partial charge is 0.0992 e. The largest absolute Gasteiger partial charge is 0.370 e. The van der Waals surface area contributed by atoms with E-state index in [9.17, 15) is 0 Å². The lowest BCUT2D eigenvalue weighted by Crippen LogP contribution is -2.16. The van der Waals surface area contributed by atoms with Crippen molar-refractivity contribution in [1.29, 1.82) is 5.26 Å². The number of hydrogen-bond acceptors (Lipinski definition) is 2. The van der Waals surface area contributed by atoms with E-state index in [1.54, 1.807) is 6.07 Å². The van der Waals surface area contributed by atoms with Crippen molar-refractivity contribution in [2.75, 3.05) is 11.9 Å². The molecule has 0 aliphatic rings. The highest BCUT2D eigenvalue weighted by molar-refractivity contribution is 6.31. The molecule has 0 aliphatic heterocycles. The van der Waals surface area contributed by atoms with Crippen LogP contribution in [0.1, 0.15) is 11.1 Å². The molecule has 0 bridgehead atoms. The molecule has 0 spiro atoms. The Bertz CT molecular complexity index is 587. The Kier molecular flexibility index (Phi) is 3.86. The highest BCUT2D eigenvalue weighted by Gasteiger charge is 2.05. The molecule has 0 fully saturated rings. The van der Waals surface area contributed by atoms with Crippen LogP contribution in [0.15, 0.2) is 48.5 Å². The van der Waals surface area contributed by atoms with Crippen LogP contribution in [0.5, 0.6) is 0 Å². The fraction of sp³-hybridized carbons (Fsp3) is 0.133. The standard InChI is InChI=1S/C15H13ClN2/c1-18(11-13-6-2-3-8-15(13)16)14-7-4-5-12(9-14)10-17/h2-9H,11H2,1H3. The van der Waals surface area contributed by atoms with Gasteiger partial charge in [0.2, 0.25) is 0 Å². The third-order valence-electron chi connectivity index (χ3n) is 2.78. The van der Waals surface area contributed by atoms with Gasteiger partial charge in [-0.3, -0.25) is 0 Å². The van der Waals surface area contributed by atoms with Crippen molar-refractivity contribution in [3.8, 4) is 6.07 Å². The zero-order valence-electron chi connectivity index (χ0n) is 10.1. The van der Waals surface area contributed by atoms with Gasteiger partial charge in [0.05, 0.1) is 11.6 Å². The Hall–Kier alpha value is -1.98. The Morgan fingerprint density at radius 2 is 1.94 bits per heavy atom. The maximum atomic E-state index is 8.89. The zero-order valence-corrected chi connectivity index (χ0v) is 10.9. The first-order valence-corrected chi connectivity index (χ1v) is 6.03. The molecule has 0 amide bonds. The van der Waals surface area contributed by atoms with E-state index < -0.39 is 0 Å². The lowest BCUT2D eigenvalue weighted by Gasteiger charge is -2.20. The quantitative estimate of drug-likeness (QED) is 0.834. The first kappa shape index (κ1) is 12.5. The van der Waals surface area contributed by atoms with Gasteiger partial charge >= 0.3 is 0 Å². The predicted octanol–water partition coefficient (Wildman–Crippen LogP) is 3.85. The van der Waals surface area contributed by atoms with Gasteiger partial charge in [-0.2, -0.15) is 5.26 Å². The van der Waals surface area contributed by atoms with E-state index in [0.29, 0.717) is 12.1 Å². The fourth-order valence-corrected chi connectivity index (χ4v) is 1.98. The summed E-state index contributed by atoms with van der Waals surface area (Å²) in [5, 5.41) is 9.65. The van der Waals surface area contributed by atoms with Crippen LogP contribution in [0, 0.1) is 11.3 Å². The molecule has 0 aliphatic carbocycles. The van der Waals surface area contributed by atoms with Crippen molar-refractivity contribution in [1.82, 2.24) is 0 Å². The summed E-state index contributed by atoms with van der Waals surface area (Å²) < 4.78 is 0. The maximum absolute atomic E-state index is 8.89. The monoisotopic (exact) mass is 256 g/mol. The summed E-state index contributed by atoms with van der Waals surface area (Å²) in [6, 6.07) is 17.5. The van der Waals surface area contributed by atoms with Gasteiger partial charge in [-0.05, 0) is 29.8 Å². The first-order valence-electron chi connectivity index (χ1n) is 5.65. The summed E-state index contributed by atoms with van der Waals surface area (Å²) in [6.07, 6.45) is 0. The molecular formula is C15H13ClN2. The topological polar surface area (TPSA) is 27.0 Å². The van der Waals surface area contributed by atoms with E-state index >= 15 is 0 Å². The zero-order chi connectivity index (χ0) is 13.0. The first-order chi connectivity index (χ1) is 8.70. The van der Waals surface area contributed by atoms with E-state index in [4.69, 9.17) is 16.9 Å².